The number of piperidine rings is 1. The highest BCUT2D eigenvalue weighted by molar-refractivity contribution is 7.89. The number of nitrogens with one attached hydrogen (secondary N) is 1. The fraction of sp³-hybridized carbons (Fsp3) is 0.619. The summed E-state index contributed by atoms with van der Waals surface area (Å²) in [4.78, 5) is 25.2. The third-order valence-corrected chi connectivity index (χ3v) is 7.78. The zero-order chi connectivity index (χ0) is 21.2. The zero-order valence-corrected chi connectivity index (χ0v) is 18.1. The summed E-state index contributed by atoms with van der Waals surface area (Å²) in [6.07, 6.45) is 3.70. The van der Waals surface area contributed by atoms with E-state index in [0.29, 0.717) is 37.8 Å². The summed E-state index contributed by atoms with van der Waals surface area (Å²) in [6.45, 7) is 5.06. The normalized spacial score (nSPS) is 24.8. The third-order valence-electron chi connectivity index (χ3n) is 5.96. The summed E-state index contributed by atoms with van der Waals surface area (Å²) in [5.74, 6) is -0.331. The van der Waals surface area contributed by atoms with E-state index in [1.54, 1.807) is 12.1 Å². The van der Waals surface area contributed by atoms with Gasteiger partial charge in [0.1, 0.15) is 5.54 Å². The Hall–Kier alpha value is -1.93. The van der Waals surface area contributed by atoms with Gasteiger partial charge in [-0.3, -0.25) is 4.79 Å². The van der Waals surface area contributed by atoms with Gasteiger partial charge in [-0.2, -0.15) is 4.31 Å². The van der Waals surface area contributed by atoms with Crippen molar-refractivity contribution in [2.24, 2.45) is 11.8 Å². The van der Waals surface area contributed by atoms with Gasteiger partial charge in [-0.05, 0) is 49.3 Å². The van der Waals surface area contributed by atoms with Crippen LogP contribution in [0.2, 0.25) is 0 Å². The van der Waals surface area contributed by atoms with Gasteiger partial charge in [-0.1, -0.05) is 32.8 Å². The van der Waals surface area contributed by atoms with Gasteiger partial charge < -0.3 is 10.1 Å². The van der Waals surface area contributed by atoms with Crippen molar-refractivity contribution in [3.05, 3.63) is 29.8 Å². The molecular formula is C21H30N2O5S. The van der Waals surface area contributed by atoms with Crippen molar-refractivity contribution in [2.45, 2.75) is 56.4 Å². The number of sulfonamides is 1. The maximum Gasteiger partial charge on any atom is 0.331 e. The van der Waals surface area contributed by atoms with Crippen LogP contribution < -0.4 is 5.32 Å². The van der Waals surface area contributed by atoms with Crippen LogP contribution in [0.3, 0.4) is 0 Å². The number of hydrogen-bond donors (Lipinski definition) is 1. The first-order valence-electron chi connectivity index (χ1n) is 10.2. The van der Waals surface area contributed by atoms with E-state index in [2.05, 4.69) is 19.2 Å². The predicted molar refractivity (Wildman–Crippen MR) is 109 cm³/mol. The van der Waals surface area contributed by atoms with E-state index in [1.807, 2.05) is 0 Å². The van der Waals surface area contributed by atoms with Crippen LogP contribution >= 0.6 is 0 Å². The Labute approximate surface area is 172 Å². The molecule has 29 heavy (non-hydrogen) atoms. The molecule has 1 heterocycles. The highest BCUT2D eigenvalue weighted by Crippen LogP contribution is 2.31. The number of rotatable bonds is 5. The minimum atomic E-state index is -3.69. The lowest BCUT2D eigenvalue weighted by molar-refractivity contribution is -0.148. The molecule has 2 fully saturated rings. The third kappa shape index (κ3) is 4.48. The van der Waals surface area contributed by atoms with E-state index in [0.717, 1.165) is 19.3 Å². The van der Waals surface area contributed by atoms with Crippen molar-refractivity contribution in [2.75, 3.05) is 20.2 Å². The lowest BCUT2D eigenvalue weighted by Gasteiger charge is -2.34. The van der Waals surface area contributed by atoms with Crippen molar-refractivity contribution in [1.29, 1.82) is 0 Å². The van der Waals surface area contributed by atoms with E-state index >= 15 is 0 Å². The Morgan fingerprint density at radius 3 is 2.34 bits per heavy atom. The molecule has 0 radical (unpaired) electrons. The van der Waals surface area contributed by atoms with Crippen molar-refractivity contribution in [3.8, 4) is 0 Å². The molecule has 1 aliphatic carbocycles. The van der Waals surface area contributed by atoms with Gasteiger partial charge in [0.2, 0.25) is 10.0 Å². The molecule has 1 aliphatic heterocycles. The second-order valence-corrected chi connectivity index (χ2v) is 10.5. The molecule has 8 heteroatoms. The largest absolute Gasteiger partial charge is 0.467 e. The van der Waals surface area contributed by atoms with Crippen molar-refractivity contribution >= 4 is 21.9 Å². The van der Waals surface area contributed by atoms with Crippen LogP contribution in [0.5, 0.6) is 0 Å². The summed E-state index contributed by atoms with van der Waals surface area (Å²) in [7, 11) is -2.38. The molecule has 2 atom stereocenters. The Bertz CT molecular complexity index is 867. The molecule has 0 bridgehead atoms. The van der Waals surface area contributed by atoms with Gasteiger partial charge in [0.05, 0.1) is 12.0 Å². The number of carbonyl (C=O) groups excluding carboxylic acids is 2. The quantitative estimate of drug-likeness (QED) is 0.736. The topological polar surface area (TPSA) is 92.8 Å². The van der Waals surface area contributed by atoms with Crippen molar-refractivity contribution in [1.82, 2.24) is 9.62 Å². The van der Waals surface area contributed by atoms with Crippen LogP contribution in [0.1, 0.15) is 56.3 Å². The minimum Gasteiger partial charge on any atom is -0.467 e. The van der Waals surface area contributed by atoms with Crippen molar-refractivity contribution in [3.63, 3.8) is 0 Å². The molecule has 160 valence electrons. The molecule has 1 aromatic rings. The van der Waals surface area contributed by atoms with Crippen molar-refractivity contribution < 1.29 is 22.7 Å². The molecule has 0 aromatic heterocycles. The fourth-order valence-electron chi connectivity index (χ4n) is 4.59. The lowest BCUT2D eigenvalue weighted by atomic mass is 9.94. The molecular weight excluding hydrogens is 392 g/mol. The first-order chi connectivity index (χ1) is 13.7. The summed E-state index contributed by atoms with van der Waals surface area (Å²) >= 11 is 0. The van der Waals surface area contributed by atoms with E-state index in [1.165, 1.54) is 23.5 Å². The standard InChI is InChI=1S/C21H30N2O5S/c1-15-11-16(2)14-23(13-15)29(26,27)18-8-6-7-17(12-18)19(24)22-21(20(25)28-3)9-4-5-10-21/h6-8,12,15-16H,4-5,9-11,13-14H2,1-3H3,(H,22,24). The number of hydrogen-bond acceptors (Lipinski definition) is 5. The second-order valence-electron chi connectivity index (χ2n) is 8.53. The number of nitrogens with zero attached hydrogens (tertiary/aromatic N) is 1. The highest BCUT2D eigenvalue weighted by atomic mass is 32.2. The molecule has 2 aliphatic rings. The average molecular weight is 423 g/mol. The van der Waals surface area contributed by atoms with Crippen LogP contribution in [0.25, 0.3) is 0 Å². The molecule has 1 aromatic carbocycles. The zero-order valence-electron chi connectivity index (χ0n) is 17.3. The first kappa shape index (κ1) is 21.8. The van der Waals surface area contributed by atoms with E-state index < -0.39 is 27.4 Å². The van der Waals surface area contributed by atoms with Gasteiger partial charge in [-0.15, -0.1) is 0 Å². The summed E-state index contributed by atoms with van der Waals surface area (Å²) in [5, 5.41) is 2.81. The second kappa shape index (κ2) is 8.44. The number of ether oxygens (including phenoxy) is 1. The van der Waals surface area contributed by atoms with E-state index in [4.69, 9.17) is 4.74 Å². The van der Waals surface area contributed by atoms with Gasteiger partial charge in [-0.25, -0.2) is 13.2 Å². The smallest absolute Gasteiger partial charge is 0.331 e. The molecule has 7 nitrogen and oxygen atoms in total. The van der Waals surface area contributed by atoms with Crippen LogP contribution in [0, 0.1) is 11.8 Å². The first-order valence-corrected chi connectivity index (χ1v) is 11.6. The highest BCUT2D eigenvalue weighted by Gasteiger charge is 2.43. The molecule has 1 N–H and O–H groups in total. The monoisotopic (exact) mass is 422 g/mol. The molecule has 1 amide bonds. The minimum absolute atomic E-state index is 0.102. The molecule has 1 saturated heterocycles. The predicted octanol–water partition coefficient (Wildman–Crippen LogP) is 2.57. The Morgan fingerprint density at radius 2 is 1.76 bits per heavy atom. The van der Waals surface area contributed by atoms with E-state index in [-0.39, 0.29) is 10.5 Å². The maximum absolute atomic E-state index is 13.1. The van der Waals surface area contributed by atoms with E-state index in [9.17, 15) is 18.0 Å². The summed E-state index contributed by atoms with van der Waals surface area (Å²) in [6, 6.07) is 6.05. The molecule has 3 rings (SSSR count). The lowest BCUT2D eigenvalue weighted by Crippen LogP contribution is -2.53. The van der Waals surface area contributed by atoms with Crippen LogP contribution in [0.4, 0.5) is 0 Å². The summed E-state index contributed by atoms with van der Waals surface area (Å²) in [5.41, 5.74) is -0.808. The van der Waals surface area contributed by atoms with Gasteiger partial charge in [0.15, 0.2) is 0 Å². The van der Waals surface area contributed by atoms with Crippen LogP contribution in [0.15, 0.2) is 29.2 Å². The number of benzene rings is 1. The van der Waals surface area contributed by atoms with Gasteiger partial charge in [0.25, 0.3) is 5.91 Å². The van der Waals surface area contributed by atoms with Gasteiger partial charge >= 0.3 is 5.97 Å². The number of amides is 1. The number of esters is 1. The Morgan fingerprint density at radius 1 is 1.14 bits per heavy atom. The SMILES string of the molecule is COC(=O)C1(NC(=O)c2cccc(S(=O)(=O)N3CC(C)CC(C)C3)c2)CCCC1. The molecule has 2 unspecified atom stereocenters. The molecule has 1 saturated carbocycles. The number of methoxy groups -OCH3 is 1. The molecule has 0 spiro atoms. The Balaban J connectivity index is 1.83. The fourth-order valence-corrected chi connectivity index (χ4v) is 6.32. The number of carbonyl (C=O) groups is 2. The van der Waals surface area contributed by atoms with Crippen LogP contribution in [-0.2, 0) is 19.6 Å². The average Bonchev–Trinajstić information content (AvgIpc) is 3.16. The van der Waals surface area contributed by atoms with Crippen LogP contribution in [-0.4, -0.2) is 50.3 Å². The maximum atomic E-state index is 13.1. The Kier molecular flexibility index (Phi) is 6.33. The van der Waals surface area contributed by atoms with Gasteiger partial charge in [0, 0.05) is 18.7 Å². The summed E-state index contributed by atoms with van der Waals surface area (Å²) < 4.78 is 32.7.